The van der Waals surface area contributed by atoms with Gasteiger partial charge in [0.2, 0.25) is 5.91 Å². The summed E-state index contributed by atoms with van der Waals surface area (Å²) in [4.78, 5) is 16.4. The molecule has 1 N–H and O–H groups in total. The van der Waals surface area contributed by atoms with Crippen molar-refractivity contribution in [2.75, 3.05) is 44.2 Å². The van der Waals surface area contributed by atoms with E-state index in [0.29, 0.717) is 6.54 Å². The summed E-state index contributed by atoms with van der Waals surface area (Å²) in [5, 5.41) is 2.94. The number of carbonyl (C=O) groups is 1. The molecule has 0 atom stereocenters. The number of amides is 1. The van der Waals surface area contributed by atoms with Gasteiger partial charge in [-0.05, 0) is 37.5 Å². The van der Waals surface area contributed by atoms with Crippen molar-refractivity contribution in [1.82, 2.24) is 10.2 Å². The lowest BCUT2D eigenvalue weighted by molar-refractivity contribution is -0.122. The highest BCUT2D eigenvalue weighted by molar-refractivity contribution is 5.78. The highest BCUT2D eigenvalue weighted by Gasteiger charge is 2.20. The van der Waals surface area contributed by atoms with Gasteiger partial charge in [0.15, 0.2) is 0 Å². The predicted molar refractivity (Wildman–Crippen MR) is 87.9 cm³/mol. The van der Waals surface area contributed by atoms with Gasteiger partial charge in [-0.15, -0.1) is 0 Å². The van der Waals surface area contributed by atoms with Crippen molar-refractivity contribution in [2.24, 2.45) is 0 Å². The highest BCUT2D eigenvalue weighted by atomic mass is 16.2. The van der Waals surface area contributed by atoms with Crippen molar-refractivity contribution in [3.05, 3.63) is 29.3 Å². The first-order valence-corrected chi connectivity index (χ1v) is 7.92. The Morgan fingerprint density at radius 2 is 1.90 bits per heavy atom. The SMILES string of the molecule is CCCNC(=O)CN1CCN(c2cccc(C)c2C)CC1. The molecular formula is C17H27N3O. The number of hydrogen-bond acceptors (Lipinski definition) is 3. The van der Waals surface area contributed by atoms with Gasteiger partial charge in [-0.1, -0.05) is 19.1 Å². The van der Waals surface area contributed by atoms with Crippen molar-refractivity contribution in [2.45, 2.75) is 27.2 Å². The van der Waals surface area contributed by atoms with E-state index in [4.69, 9.17) is 0 Å². The number of piperazine rings is 1. The van der Waals surface area contributed by atoms with E-state index in [1.807, 2.05) is 0 Å². The quantitative estimate of drug-likeness (QED) is 0.900. The third-order valence-electron chi connectivity index (χ3n) is 4.23. The second-order valence-electron chi connectivity index (χ2n) is 5.83. The number of rotatable bonds is 5. The number of nitrogens with zero attached hydrogens (tertiary/aromatic N) is 2. The van der Waals surface area contributed by atoms with Crippen LogP contribution in [0.2, 0.25) is 0 Å². The average molecular weight is 289 g/mol. The number of nitrogens with one attached hydrogen (secondary N) is 1. The van der Waals surface area contributed by atoms with Gasteiger partial charge >= 0.3 is 0 Å². The van der Waals surface area contributed by atoms with Crippen LogP contribution in [-0.4, -0.2) is 50.1 Å². The largest absolute Gasteiger partial charge is 0.369 e. The fourth-order valence-electron chi connectivity index (χ4n) is 2.75. The predicted octanol–water partition coefficient (Wildman–Crippen LogP) is 1.95. The smallest absolute Gasteiger partial charge is 0.234 e. The molecule has 2 rings (SSSR count). The van der Waals surface area contributed by atoms with E-state index in [0.717, 1.165) is 39.1 Å². The molecule has 1 saturated heterocycles. The normalized spacial score (nSPS) is 16.0. The number of benzene rings is 1. The van der Waals surface area contributed by atoms with Crippen LogP contribution in [0.4, 0.5) is 5.69 Å². The number of hydrogen-bond donors (Lipinski definition) is 1. The van der Waals surface area contributed by atoms with Gasteiger partial charge in [0, 0.05) is 38.4 Å². The van der Waals surface area contributed by atoms with Crippen molar-refractivity contribution >= 4 is 11.6 Å². The fraction of sp³-hybridized carbons (Fsp3) is 0.588. The molecular weight excluding hydrogens is 262 g/mol. The topological polar surface area (TPSA) is 35.6 Å². The summed E-state index contributed by atoms with van der Waals surface area (Å²) >= 11 is 0. The Kier molecular flexibility index (Phi) is 5.62. The van der Waals surface area contributed by atoms with Gasteiger partial charge in [0.05, 0.1) is 6.54 Å². The molecule has 1 aliphatic heterocycles. The highest BCUT2D eigenvalue weighted by Crippen LogP contribution is 2.23. The lowest BCUT2D eigenvalue weighted by Crippen LogP contribution is -2.49. The number of aryl methyl sites for hydroxylation is 1. The third kappa shape index (κ3) is 4.21. The molecule has 21 heavy (non-hydrogen) atoms. The summed E-state index contributed by atoms with van der Waals surface area (Å²) in [7, 11) is 0. The van der Waals surface area contributed by atoms with E-state index in [1.54, 1.807) is 0 Å². The van der Waals surface area contributed by atoms with E-state index in [-0.39, 0.29) is 5.91 Å². The Balaban J connectivity index is 1.86. The van der Waals surface area contributed by atoms with Crippen LogP contribution in [0.5, 0.6) is 0 Å². The molecule has 4 heteroatoms. The maximum Gasteiger partial charge on any atom is 0.234 e. The minimum absolute atomic E-state index is 0.150. The first kappa shape index (κ1) is 15.8. The second-order valence-corrected chi connectivity index (χ2v) is 5.83. The van der Waals surface area contributed by atoms with Crippen LogP contribution in [0.25, 0.3) is 0 Å². The lowest BCUT2D eigenvalue weighted by atomic mass is 10.1. The Bertz CT molecular complexity index is 479. The van der Waals surface area contributed by atoms with Crippen molar-refractivity contribution in [3.8, 4) is 0 Å². The minimum atomic E-state index is 0.150. The van der Waals surface area contributed by atoms with Crippen LogP contribution in [0.15, 0.2) is 18.2 Å². The zero-order valence-corrected chi connectivity index (χ0v) is 13.5. The summed E-state index contributed by atoms with van der Waals surface area (Å²) in [6.07, 6.45) is 0.992. The van der Waals surface area contributed by atoms with Gasteiger partial charge in [-0.2, -0.15) is 0 Å². The molecule has 0 aromatic heterocycles. The lowest BCUT2D eigenvalue weighted by Gasteiger charge is -2.36. The number of carbonyl (C=O) groups excluding carboxylic acids is 1. The van der Waals surface area contributed by atoms with Gasteiger partial charge in [-0.3, -0.25) is 9.69 Å². The summed E-state index contributed by atoms with van der Waals surface area (Å²) in [6.45, 7) is 11.6. The maximum absolute atomic E-state index is 11.8. The monoisotopic (exact) mass is 289 g/mol. The molecule has 1 aromatic rings. The van der Waals surface area contributed by atoms with E-state index >= 15 is 0 Å². The average Bonchev–Trinajstić information content (AvgIpc) is 2.49. The van der Waals surface area contributed by atoms with Crippen molar-refractivity contribution in [1.29, 1.82) is 0 Å². The van der Waals surface area contributed by atoms with Gasteiger partial charge in [0.1, 0.15) is 0 Å². The van der Waals surface area contributed by atoms with Gasteiger partial charge in [-0.25, -0.2) is 0 Å². The molecule has 1 fully saturated rings. The molecule has 1 amide bonds. The van der Waals surface area contributed by atoms with Crippen LogP contribution < -0.4 is 10.2 Å². The second kappa shape index (κ2) is 7.46. The van der Waals surface area contributed by atoms with Crippen molar-refractivity contribution in [3.63, 3.8) is 0 Å². The standard InChI is InChI=1S/C17H27N3O/c1-4-8-18-17(21)13-19-9-11-20(12-10-19)16-7-5-6-14(2)15(16)3/h5-7H,4,8-13H2,1-3H3,(H,18,21). The molecule has 0 radical (unpaired) electrons. The summed E-state index contributed by atoms with van der Waals surface area (Å²) < 4.78 is 0. The Morgan fingerprint density at radius 1 is 1.19 bits per heavy atom. The summed E-state index contributed by atoms with van der Waals surface area (Å²) in [6, 6.07) is 6.49. The van der Waals surface area contributed by atoms with Crippen LogP contribution >= 0.6 is 0 Å². The van der Waals surface area contributed by atoms with Crippen molar-refractivity contribution < 1.29 is 4.79 Å². The first-order valence-electron chi connectivity index (χ1n) is 7.92. The molecule has 0 saturated carbocycles. The molecule has 1 aliphatic rings. The zero-order chi connectivity index (χ0) is 15.2. The molecule has 0 bridgehead atoms. The van der Waals surface area contributed by atoms with E-state index < -0.39 is 0 Å². The molecule has 0 unspecified atom stereocenters. The van der Waals surface area contributed by atoms with E-state index in [1.165, 1.54) is 16.8 Å². The Labute approximate surface area is 128 Å². The fourth-order valence-corrected chi connectivity index (χ4v) is 2.75. The maximum atomic E-state index is 11.8. The van der Waals surface area contributed by atoms with Crippen LogP contribution in [-0.2, 0) is 4.79 Å². The third-order valence-corrected chi connectivity index (χ3v) is 4.23. The van der Waals surface area contributed by atoms with E-state index in [9.17, 15) is 4.79 Å². The molecule has 4 nitrogen and oxygen atoms in total. The molecule has 116 valence electrons. The van der Waals surface area contributed by atoms with E-state index in [2.05, 4.69) is 54.1 Å². The zero-order valence-electron chi connectivity index (χ0n) is 13.5. The van der Waals surface area contributed by atoms with Gasteiger partial charge < -0.3 is 10.2 Å². The molecule has 1 aromatic carbocycles. The van der Waals surface area contributed by atoms with Crippen LogP contribution in [0.1, 0.15) is 24.5 Å². The van der Waals surface area contributed by atoms with Crippen LogP contribution in [0, 0.1) is 13.8 Å². The number of anilines is 1. The Morgan fingerprint density at radius 3 is 2.57 bits per heavy atom. The first-order chi connectivity index (χ1) is 10.1. The molecule has 0 spiro atoms. The van der Waals surface area contributed by atoms with Crippen LogP contribution in [0.3, 0.4) is 0 Å². The Hall–Kier alpha value is -1.55. The minimum Gasteiger partial charge on any atom is -0.369 e. The summed E-state index contributed by atoms with van der Waals surface area (Å²) in [5.74, 6) is 0.150. The molecule has 1 heterocycles. The summed E-state index contributed by atoms with van der Waals surface area (Å²) in [5.41, 5.74) is 4.05. The molecule has 0 aliphatic carbocycles. The van der Waals surface area contributed by atoms with Gasteiger partial charge in [0.25, 0.3) is 0 Å².